The standard InChI is InChI=1S/C26H36O4S/c1-17-4-7-21(8-5-17)31(28,29)30-20-10-13-26(3)18(14-20)6-9-22-23(26)11-12-25(2)16-19(27)15-24(22)25/h4-5,7-8,18,20,22-24H,6,9-16H2,1-3H3/t18-,20+,22+,23+,24-,25-,26-/m1/s1. The molecule has 0 amide bonds. The van der Waals surface area contributed by atoms with E-state index in [0.717, 1.165) is 44.1 Å². The fourth-order valence-corrected chi connectivity index (χ4v) is 9.14. The van der Waals surface area contributed by atoms with Crippen molar-refractivity contribution in [3.05, 3.63) is 29.8 Å². The summed E-state index contributed by atoms with van der Waals surface area (Å²) in [7, 11) is -3.72. The molecule has 4 aliphatic rings. The summed E-state index contributed by atoms with van der Waals surface area (Å²) in [5.74, 6) is 2.89. The molecule has 4 saturated carbocycles. The summed E-state index contributed by atoms with van der Waals surface area (Å²) in [5, 5.41) is 0. The molecule has 31 heavy (non-hydrogen) atoms. The molecule has 170 valence electrons. The lowest BCUT2D eigenvalue weighted by Crippen LogP contribution is -2.53. The summed E-state index contributed by atoms with van der Waals surface area (Å²) in [6.45, 7) is 6.76. The largest absolute Gasteiger partial charge is 0.300 e. The van der Waals surface area contributed by atoms with Gasteiger partial charge in [0.2, 0.25) is 0 Å². The molecule has 0 unspecified atom stereocenters. The van der Waals surface area contributed by atoms with Crippen molar-refractivity contribution >= 4 is 15.9 Å². The maximum atomic E-state index is 12.8. The maximum absolute atomic E-state index is 12.8. The number of rotatable bonds is 3. The van der Waals surface area contributed by atoms with Crippen molar-refractivity contribution in [2.24, 2.45) is 34.5 Å². The maximum Gasteiger partial charge on any atom is 0.297 e. The van der Waals surface area contributed by atoms with Gasteiger partial charge in [0.05, 0.1) is 11.0 Å². The molecular weight excluding hydrogens is 408 g/mol. The van der Waals surface area contributed by atoms with Gasteiger partial charge in [-0.25, -0.2) is 0 Å². The van der Waals surface area contributed by atoms with E-state index in [1.807, 2.05) is 19.1 Å². The zero-order chi connectivity index (χ0) is 22.0. The van der Waals surface area contributed by atoms with Crippen molar-refractivity contribution in [1.29, 1.82) is 0 Å². The second kappa shape index (κ2) is 7.41. The normalized spacial score (nSPS) is 42.5. The van der Waals surface area contributed by atoms with Crippen LogP contribution in [0.3, 0.4) is 0 Å². The van der Waals surface area contributed by atoms with Crippen LogP contribution >= 0.6 is 0 Å². The van der Waals surface area contributed by atoms with E-state index >= 15 is 0 Å². The Balaban J connectivity index is 1.30. The van der Waals surface area contributed by atoms with Crippen LogP contribution in [0.4, 0.5) is 0 Å². The van der Waals surface area contributed by atoms with E-state index in [9.17, 15) is 13.2 Å². The molecule has 0 bridgehead atoms. The van der Waals surface area contributed by atoms with Crippen LogP contribution in [0.2, 0.25) is 0 Å². The first-order valence-electron chi connectivity index (χ1n) is 12.1. The molecule has 1 aromatic rings. The smallest absolute Gasteiger partial charge is 0.297 e. The van der Waals surface area contributed by atoms with E-state index in [1.54, 1.807) is 12.1 Å². The summed E-state index contributed by atoms with van der Waals surface area (Å²) in [6, 6.07) is 6.93. The highest BCUT2D eigenvalue weighted by Crippen LogP contribution is 2.65. The van der Waals surface area contributed by atoms with Gasteiger partial charge >= 0.3 is 0 Å². The lowest BCUT2D eigenvalue weighted by Gasteiger charge is -2.60. The predicted octanol–water partition coefficient (Wildman–Crippen LogP) is 5.68. The number of fused-ring (bicyclic) bond motifs is 5. The van der Waals surface area contributed by atoms with Gasteiger partial charge in [-0.2, -0.15) is 8.42 Å². The van der Waals surface area contributed by atoms with Crippen molar-refractivity contribution in [1.82, 2.24) is 0 Å². The third kappa shape index (κ3) is 3.60. The number of aryl methyl sites for hydroxylation is 1. The second-order valence-corrected chi connectivity index (χ2v) is 13.1. The Kier molecular flexibility index (Phi) is 5.17. The van der Waals surface area contributed by atoms with Gasteiger partial charge in [0, 0.05) is 12.8 Å². The predicted molar refractivity (Wildman–Crippen MR) is 120 cm³/mol. The van der Waals surface area contributed by atoms with Crippen molar-refractivity contribution < 1.29 is 17.4 Å². The molecule has 4 fully saturated rings. The Morgan fingerprint density at radius 2 is 1.71 bits per heavy atom. The average molecular weight is 445 g/mol. The van der Waals surface area contributed by atoms with Crippen molar-refractivity contribution in [2.45, 2.75) is 89.6 Å². The average Bonchev–Trinajstić information content (AvgIpc) is 3.02. The fourth-order valence-electron chi connectivity index (χ4n) is 8.03. The first-order chi connectivity index (χ1) is 14.6. The molecule has 0 aromatic heterocycles. The fraction of sp³-hybridized carbons (Fsp3) is 0.731. The number of hydrogen-bond acceptors (Lipinski definition) is 4. The molecule has 4 nitrogen and oxygen atoms in total. The molecule has 0 saturated heterocycles. The van der Waals surface area contributed by atoms with Crippen LogP contribution in [0.5, 0.6) is 0 Å². The Bertz CT molecular complexity index is 968. The van der Waals surface area contributed by atoms with E-state index in [1.165, 1.54) is 19.3 Å². The Morgan fingerprint density at radius 1 is 0.968 bits per heavy atom. The van der Waals surface area contributed by atoms with E-state index in [0.29, 0.717) is 29.5 Å². The molecule has 0 aliphatic heterocycles. The third-order valence-electron chi connectivity index (χ3n) is 9.76. The van der Waals surface area contributed by atoms with Crippen molar-refractivity contribution in [3.63, 3.8) is 0 Å². The molecule has 0 spiro atoms. The van der Waals surface area contributed by atoms with Crippen molar-refractivity contribution in [3.8, 4) is 0 Å². The molecule has 7 atom stereocenters. The van der Waals surface area contributed by atoms with Crippen LogP contribution in [0.1, 0.15) is 77.2 Å². The van der Waals surface area contributed by atoms with Crippen LogP contribution < -0.4 is 0 Å². The summed E-state index contributed by atoms with van der Waals surface area (Å²) in [5.41, 5.74) is 1.52. The topological polar surface area (TPSA) is 60.4 Å². The van der Waals surface area contributed by atoms with E-state index < -0.39 is 10.1 Å². The van der Waals surface area contributed by atoms with Gasteiger partial charge in [0.1, 0.15) is 5.78 Å². The number of Topliss-reactive ketones (excluding diaryl/α,β-unsaturated/α-hetero) is 1. The summed E-state index contributed by atoms with van der Waals surface area (Å²) >= 11 is 0. The van der Waals surface area contributed by atoms with Gasteiger partial charge in [-0.15, -0.1) is 0 Å². The molecule has 5 heteroatoms. The SMILES string of the molecule is Cc1ccc(S(=O)(=O)O[C@H]2CC[C@]3(C)[C@H](CC[C@@H]4[C@H]5CC(=O)C[C@@]5(C)CC[C@@H]43)C2)cc1. The molecule has 0 radical (unpaired) electrons. The van der Waals surface area contributed by atoms with Crippen LogP contribution in [0.15, 0.2) is 29.2 Å². The van der Waals surface area contributed by atoms with Gasteiger partial charge in [0.15, 0.2) is 0 Å². The Hall–Kier alpha value is -1.20. The quantitative estimate of drug-likeness (QED) is 0.563. The van der Waals surface area contributed by atoms with E-state index in [2.05, 4.69) is 13.8 Å². The first-order valence-corrected chi connectivity index (χ1v) is 13.5. The second-order valence-electron chi connectivity index (χ2n) is 11.5. The number of benzene rings is 1. The van der Waals surface area contributed by atoms with Crippen LogP contribution in [0.25, 0.3) is 0 Å². The third-order valence-corrected chi connectivity index (χ3v) is 11.1. The van der Waals surface area contributed by atoms with E-state index in [4.69, 9.17) is 4.18 Å². The number of carbonyl (C=O) groups is 1. The lowest BCUT2D eigenvalue weighted by molar-refractivity contribution is -0.119. The molecule has 0 N–H and O–H groups in total. The highest BCUT2D eigenvalue weighted by atomic mass is 32.2. The summed E-state index contributed by atoms with van der Waals surface area (Å²) in [4.78, 5) is 12.5. The van der Waals surface area contributed by atoms with E-state index in [-0.39, 0.29) is 21.8 Å². The number of hydrogen-bond donors (Lipinski definition) is 0. The number of carbonyl (C=O) groups excluding carboxylic acids is 1. The van der Waals surface area contributed by atoms with Gasteiger partial charge in [-0.1, -0.05) is 31.5 Å². The molecule has 4 aliphatic carbocycles. The highest BCUT2D eigenvalue weighted by Gasteiger charge is 2.59. The highest BCUT2D eigenvalue weighted by molar-refractivity contribution is 7.86. The minimum absolute atomic E-state index is 0.220. The summed E-state index contributed by atoms with van der Waals surface area (Å²) in [6.07, 6.45) is 8.77. The van der Waals surface area contributed by atoms with Crippen LogP contribution in [0, 0.1) is 41.4 Å². The van der Waals surface area contributed by atoms with Crippen LogP contribution in [-0.2, 0) is 19.1 Å². The number of ketones is 1. The van der Waals surface area contributed by atoms with Gasteiger partial charge < -0.3 is 0 Å². The monoisotopic (exact) mass is 444 g/mol. The molecule has 0 heterocycles. The van der Waals surface area contributed by atoms with Gasteiger partial charge in [-0.3, -0.25) is 8.98 Å². The zero-order valence-corrected chi connectivity index (χ0v) is 19.9. The lowest BCUT2D eigenvalue weighted by atomic mass is 9.45. The Labute approximate surface area is 187 Å². The Morgan fingerprint density at radius 3 is 2.45 bits per heavy atom. The minimum atomic E-state index is -3.72. The summed E-state index contributed by atoms with van der Waals surface area (Å²) < 4.78 is 31.4. The molecular formula is C26H36O4S. The zero-order valence-electron chi connectivity index (χ0n) is 19.1. The molecule has 1 aromatic carbocycles. The molecule has 5 rings (SSSR count). The van der Waals surface area contributed by atoms with Gasteiger partial charge in [-0.05, 0) is 98.5 Å². The van der Waals surface area contributed by atoms with Crippen LogP contribution in [-0.4, -0.2) is 20.3 Å². The first kappa shape index (κ1) is 21.6. The minimum Gasteiger partial charge on any atom is -0.300 e. The van der Waals surface area contributed by atoms with Gasteiger partial charge in [0.25, 0.3) is 10.1 Å². The van der Waals surface area contributed by atoms with Crippen molar-refractivity contribution in [2.75, 3.05) is 0 Å².